The average molecular weight is 219 g/mol. The molecule has 0 spiro atoms. The Morgan fingerprint density at radius 3 is 2.56 bits per heavy atom. The minimum atomic E-state index is 0.301. The van der Waals surface area contributed by atoms with E-state index in [-0.39, 0.29) is 0 Å². The summed E-state index contributed by atoms with van der Waals surface area (Å²) in [4.78, 5) is 0. The van der Waals surface area contributed by atoms with Crippen LogP contribution >= 0.6 is 0 Å². The molecule has 88 valence electrons. The van der Waals surface area contributed by atoms with Crippen LogP contribution in [0.3, 0.4) is 0 Å². The molecule has 1 aromatic rings. The quantitative estimate of drug-likeness (QED) is 0.699. The van der Waals surface area contributed by atoms with Gasteiger partial charge in [0.25, 0.3) is 0 Å². The minimum Gasteiger partial charge on any atom is -0.327 e. The number of nitrogens with two attached hydrogens (primary N) is 2. The van der Waals surface area contributed by atoms with Crippen LogP contribution < -0.4 is 16.8 Å². The first-order valence-corrected chi connectivity index (χ1v) is 5.98. The van der Waals surface area contributed by atoms with Gasteiger partial charge in [-0.05, 0) is 23.5 Å². The summed E-state index contributed by atoms with van der Waals surface area (Å²) >= 11 is 0. The number of hydrogen-bond donors (Lipinski definition) is 3. The fourth-order valence-corrected chi connectivity index (χ4v) is 2.48. The summed E-state index contributed by atoms with van der Waals surface area (Å²) in [6.45, 7) is 3.78. The highest BCUT2D eigenvalue weighted by atomic mass is 15.0. The highest BCUT2D eigenvalue weighted by Gasteiger charge is 2.25. The van der Waals surface area contributed by atoms with Crippen molar-refractivity contribution < 1.29 is 0 Å². The number of benzene rings is 1. The van der Waals surface area contributed by atoms with Gasteiger partial charge >= 0.3 is 0 Å². The summed E-state index contributed by atoms with van der Waals surface area (Å²) < 4.78 is 0. The first-order chi connectivity index (χ1) is 7.70. The summed E-state index contributed by atoms with van der Waals surface area (Å²) in [6, 6.07) is 9.30. The Morgan fingerprint density at radius 1 is 1.31 bits per heavy atom. The molecular formula is C13H21N3. The van der Waals surface area contributed by atoms with E-state index in [1.54, 1.807) is 0 Å². The Kier molecular flexibility index (Phi) is 3.59. The number of rotatable bonds is 2. The van der Waals surface area contributed by atoms with Crippen LogP contribution in [0.2, 0.25) is 0 Å². The molecule has 0 aromatic heterocycles. The number of nitrogens with one attached hydrogen (secondary N) is 1. The van der Waals surface area contributed by atoms with E-state index in [0.717, 1.165) is 13.0 Å². The maximum absolute atomic E-state index is 5.93. The van der Waals surface area contributed by atoms with Gasteiger partial charge in [-0.2, -0.15) is 0 Å². The molecule has 3 atom stereocenters. The average Bonchev–Trinajstić information content (AvgIpc) is 2.29. The zero-order valence-corrected chi connectivity index (χ0v) is 9.82. The largest absolute Gasteiger partial charge is 0.327 e. The zero-order chi connectivity index (χ0) is 11.5. The lowest BCUT2D eigenvalue weighted by atomic mass is 9.86. The van der Waals surface area contributed by atoms with Crippen LogP contribution in [0.4, 0.5) is 0 Å². The molecule has 1 aliphatic heterocycles. The first-order valence-electron chi connectivity index (χ1n) is 5.98. The lowest BCUT2D eigenvalue weighted by molar-refractivity contribution is 0.278. The van der Waals surface area contributed by atoms with E-state index in [2.05, 4.69) is 36.5 Å². The smallest absolute Gasteiger partial charge is 0.0347 e. The first kappa shape index (κ1) is 11.6. The van der Waals surface area contributed by atoms with Crippen LogP contribution in [0.15, 0.2) is 24.3 Å². The summed E-state index contributed by atoms with van der Waals surface area (Å²) in [6.07, 6.45) is 1.09. The van der Waals surface area contributed by atoms with E-state index in [0.29, 0.717) is 24.5 Å². The molecule has 0 saturated carbocycles. The third-order valence-electron chi connectivity index (χ3n) is 3.42. The second kappa shape index (κ2) is 4.95. The van der Waals surface area contributed by atoms with Crippen LogP contribution in [0.25, 0.3) is 0 Å². The van der Waals surface area contributed by atoms with Crippen molar-refractivity contribution in [3.05, 3.63) is 35.4 Å². The summed E-state index contributed by atoms with van der Waals surface area (Å²) in [7, 11) is 0. The van der Waals surface area contributed by atoms with Gasteiger partial charge in [-0.3, -0.25) is 0 Å². The number of piperidine rings is 1. The molecule has 3 heteroatoms. The Bertz CT molecular complexity index is 334. The van der Waals surface area contributed by atoms with Crippen molar-refractivity contribution in [3.63, 3.8) is 0 Å². The van der Waals surface area contributed by atoms with Gasteiger partial charge < -0.3 is 16.8 Å². The maximum atomic E-state index is 5.93. The van der Waals surface area contributed by atoms with Gasteiger partial charge in [0.15, 0.2) is 0 Å². The van der Waals surface area contributed by atoms with E-state index in [1.165, 1.54) is 11.1 Å². The summed E-state index contributed by atoms with van der Waals surface area (Å²) in [5.74, 6) is 0.590. The molecule has 1 aromatic carbocycles. The fourth-order valence-electron chi connectivity index (χ4n) is 2.48. The fraction of sp³-hybridized carbons (Fsp3) is 0.538. The molecule has 3 unspecified atom stereocenters. The van der Waals surface area contributed by atoms with Gasteiger partial charge in [-0.25, -0.2) is 0 Å². The normalized spacial score (nSPS) is 30.3. The van der Waals surface area contributed by atoms with E-state index in [9.17, 15) is 0 Å². The van der Waals surface area contributed by atoms with E-state index < -0.39 is 0 Å². The molecular weight excluding hydrogens is 198 g/mol. The SMILES string of the molecule is CC1CC(N)CNC1c1ccc(CN)cc1. The Hall–Kier alpha value is -0.900. The van der Waals surface area contributed by atoms with Crippen molar-refractivity contribution >= 4 is 0 Å². The zero-order valence-electron chi connectivity index (χ0n) is 9.82. The van der Waals surface area contributed by atoms with Crippen molar-refractivity contribution in [2.45, 2.75) is 32.0 Å². The lowest BCUT2D eigenvalue weighted by Gasteiger charge is -2.34. The van der Waals surface area contributed by atoms with Crippen LogP contribution in [-0.4, -0.2) is 12.6 Å². The number of hydrogen-bond acceptors (Lipinski definition) is 3. The van der Waals surface area contributed by atoms with E-state index >= 15 is 0 Å². The van der Waals surface area contributed by atoms with Gasteiger partial charge in [0.2, 0.25) is 0 Å². The molecule has 0 aliphatic carbocycles. The molecule has 0 amide bonds. The lowest BCUT2D eigenvalue weighted by Crippen LogP contribution is -2.45. The maximum Gasteiger partial charge on any atom is 0.0347 e. The predicted octanol–water partition coefficient (Wildman–Crippen LogP) is 1.14. The van der Waals surface area contributed by atoms with Crippen LogP contribution in [-0.2, 0) is 6.54 Å². The summed E-state index contributed by atoms with van der Waals surface area (Å²) in [5.41, 5.74) is 14.1. The van der Waals surface area contributed by atoms with Crippen LogP contribution in [0.5, 0.6) is 0 Å². The second-order valence-corrected chi connectivity index (χ2v) is 4.80. The molecule has 1 saturated heterocycles. The molecule has 5 N–H and O–H groups in total. The minimum absolute atomic E-state index is 0.301. The van der Waals surface area contributed by atoms with Gasteiger partial charge in [-0.15, -0.1) is 0 Å². The Morgan fingerprint density at radius 2 is 2.00 bits per heavy atom. The third kappa shape index (κ3) is 2.43. The van der Waals surface area contributed by atoms with Crippen LogP contribution in [0, 0.1) is 5.92 Å². The Labute approximate surface area is 97.2 Å². The highest BCUT2D eigenvalue weighted by molar-refractivity contribution is 5.25. The molecule has 3 nitrogen and oxygen atoms in total. The molecule has 2 rings (SSSR count). The van der Waals surface area contributed by atoms with Crippen molar-refractivity contribution in [2.75, 3.05) is 6.54 Å². The monoisotopic (exact) mass is 219 g/mol. The van der Waals surface area contributed by atoms with E-state index in [4.69, 9.17) is 11.5 Å². The van der Waals surface area contributed by atoms with Gasteiger partial charge in [-0.1, -0.05) is 31.2 Å². The molecule has 1 fully saturated rings. The standard InChI is InChI=1S/C13H21N3/c1-9-6-12(15)8-16-13(9)11-4-2-10(7-14)3-5-11/h2-5,9,12-13,16H,6-8,14-15H2,1H3. The third-order valence-corrected chi connectivity index (χ3v) is 3.42. The van der Waals surface area contributed by atoms with E-state index in [1.807, 2.05) is 0 Å². The highest BCUT2D eigenvalue weighted by Crippen LogP contribution is 2.28. The van der Waals surface area contributed by atoms with Crippen molar-refractivity contribution in [2.24, 2.45) is 17.4 Å². The van der Waals surface area contributed by atoms with Gasteiger partial charge in [0.05, 0.1) is 0 Å². The molecule has 0 bridgehead atoms. The molecule has 1 heterocycles. The predicted molar refractivity (Wildman–Crippen MR) is 66.8 cm³/mol. The second-order valence-electron chi connectivity index (χ2n) is 4.80. The van der Waals surface area contributed by atoms with Gasteiger partial charge in [0.1, 0.15) is 0 Å². The molecule has 0 radical (unpaired) electrons. The van der Waals surface area contributed by atoms with Gasteiger partial charge in [0, 0.05) is 25.2 Å². The molecule has 16 heavy (non-hydrogen) atoms. The van der Waals surface area contributed by atoms with Crippen LogP contribution in [0.1, 0.15) is 30.5 Å². The van der Waals surface area contributed by atoms with Crippen molar-refractivity contribution in [1.29, 1.82) is 0 Å². The Balaban J connectivity index is 2.11. The van der Waals surface area contributed by atoms with Crippen molar-refractivity contribution in [1.82, 2.24) is 5.32 Å². The molecule has 1 aliphatic rings. The summed E-state index contributed by atoms with van der Waals surface area (Å²) in [5, 5.41) is 3.52. The topological polar surface area (TPSA) is 64.1 Å². The van der Waals surface area contributed by atoms with Crippen molar-refractivity contribution in [3.8, 4) is 0 Å².